The maximum Gasteiger partial charge on any atom is 0.160 e. The van der Waals surface area contributed by atoms with Gasteiger partial charge in [-0.1, -0.05) is 146 Å². The lowest BCUT2D eigenvalue weighted by Crippen LogP contribution is -1.97. The van der Waals surface area contributed by atoms with Crippen LogP contribution in [0.1, 0.15) is 18.5 Å². The van der Waals surface area contributed by atoms with Gasteiger partial charge in [-0.3, -0.25) is 4.98 Å². The van der Waals surface area contributed by atoms with Crippen molar-refractivity contribution in [1.29, 1.82) is 0 Å². The topological polar surface area (TPSA) is 64.5 Å². The quantitative estimate of drug-likeness (QED) is 0.154. The van der Waals surface area contributed by atoms with Crippen molar-refractivity contribution in [2.45, 2.75) is 12.8 Å². The third-order valence-corrected chi connectivity index (χ3v) is 10.4. The average molecular weight is 718 g/mol. The minimum absolute atomic E-state index is 0.667. The molecule has 5 aromatic carbocycles. The van der Waals surface area contributed by atoms with Gasteiger partial charge in [-0.15, -0.1) is 0 Å². The van der Waals surface area contributed by atoms with Gasteiger partial charge in [-0.25, -0.2) is 19.9 Å². The van der Waals surface area contributed by atoms with Crippen LogP contribution in [0.25, 0.3) is 94.9 Å². The SMILES string of the molecule is C1=CCCC(c2cc(-c3ccccc3)c3ccc4ccc(-c5ccc(-c6cccc(-c7cc(-c8ccccn8)nc(-c8ccccc8)n7)c6)cc5)nc4c3n2)=C1. The third kappa shape index (κ3) is 6.46. The van der Waals surface area contributed by atoms with Gasteiger partial charge in [0, 0.05) is 33.7 Å². The van der Waals surface area contributed by atoms with Crippen LogP contribution in [-0.4, -0.2) is 24.9 Å². The predicted molar refractivity (Wildman–Crippen MR) is 229 cm³/mol. The molecular weight excluding hydrogens is 683 g/mol. The molecule has 0 fully saturated rings. The maximum atomic E-state index is 5.30. The third-order valence-electron chi connectivity index (χ3n) is 10.4. The number of hydrogen-bond acceptors (Lipinski definition) is 5. The van der Waals surface area contributed by atoms with Gasteiger partial charge in [0.25, 0.3) is 0 Å². The van der Waals surface area contributed by atoms with E-state index in [1.165, 1.54) is 16.7 Å². The van der Waals surface area contributed by atoms with Crippen LogP contribution in [0.2, 0.25) is 0 Å². The second-order valence-corrected chi connectivity index (χ2v) is 14.0. The van der Waals surface area contributed by atoms with Crippen molar-refractivity contribution in [3.63, 3.8) is 0 Å². The summed E-state index contributed by atoms with van der Waals surface area (Å²) in [6, 6.07) is 56.7. The number of allylic oxidation sites excluding steroid dienone is 4. The number of pyridine rings is 3. The molecule has 0 bridgehead atoms. The largest absolute Gasteiger partial charge is 0.255 e. The first-order valence-electron chi connectivity index (χ1n) is 19.0. The van der Waals surface area contributed by atoms with Crippen molar-refractivity contribution in [3.8, 4) is 67.5 Å². The highest BCUT2D eigenvalue weighted by atomic mass is 14.9. The molecule has 4 aromatic heterocycles. The predicted octanol–water partition coefficient (Wildman–Crippen LogP) is 12.7. The zero-order valence-corrected chi connectivity index (χ0v) is 30.5. The molecule has 264 valence electrons. The Kier molecular flexibility index (Phi) is 8.58. The highest BCUT2D eigenvalue weighted by molar-refractivity contribution is 6.09. The fraction of sp³-hybridized carbons (Fsp3) is 0.0392. The van der Waals surface area contributed by atoms with Gasteiger partial charge >= 0.3 is 0 Å². The number of rotatable bonds is 7. The molecule has 10 rings (SSSR count). The van der Waals surface area contributed by atoms with E-state index in [0.717, 1.165) is 90.9 Å². The Bertz CT molecular complexity index is 2880. The lowest BCUT2D eigenvalue weighted by atomic mass is 9.94. The van der Waals surface area contributed by atoms with Gasteiger partial charge in [0.2, 0.25) is 0 Å². The van der Waals surface area contributed by atoms with Gasteiger partial charge in [0.15, 0.2) is 5.82 Å². The van der Waals surface area contributed by atoms with E-state index in [-0.39, 0.29) is 0 Å². The Morgan fingerprint density at radius 3 is 1.91 bits per heavy atom. The fourth-order valence-corrected chi connectivity index (χ4v) is 7.52. The molecule has 0 N–H and O–H groups in total. The summed E-state index contributed by atoms with van der Waals surface area (Å²) in [6.07, 6.45) is 10.3. The summed E-state index contributed by atoms with van der Waals surface area (Å²) < 4.78 is 0. The number of aromatic nitrogens is 5. The summed E-state index contributed by atoms with van der Waals surface area (Å²) in [6.45, 7) is 0. The lowest BCUT2D eigenvalue weighted by molar-refractivity contribution is 1.04. The molecular formula is C51H35N5. The highest BCUT2D eigenvalue weighted by Gasteiger charge is 2.16. The number of nitrogens with zero attached hydrogens (tertiary/aromatic N) is 5. The molecule has 0 spiro atoms. The minimum Gasteiger partial charge on any atom is -0.255 e. The summed E-state index contributed by atoms with van der Waals surface area (Å²) in [5, 5.41) is 2.17. The maximum absolute atomic E-state index is 5.30. The van der Waals surface area contributed by atoms with E-state index in [2.05, 4.69) is 132 Å². The van der Waals surface area contributed by atoms with Gasteiger partial charge in [0.05, 0.1) is 39.5 Å². The smallest absolute Gasteiger partial charge is 0.160 e. The van der Waals surface area contributed by atoms with Crippen LogP contribution in [0.5, 0.6) is 0 Å². The molecule has 1 aliphatic rings. The summed E-state index contributed by atoms with van der Waals surface area (Å²) >= 11 is 0. The van der Waals surface area contributed by atoms with Crippen molar-refractivity contribution in [3.05, 3.63) is 194 Å². The van der Waals surface area contributed by atoms with Gasteiger partial charge < -0.3 is 0 Å². The molecule has 0 saturated carbocycles. The van der Waals surface area contributed by atoms with E-state index in [0.29, 0.717) is 5.82 Å². The molecule has 0 aliphatic heterocycles. The number of benzene rings is 5. The molecule has 5 nitrogen and oxygen atoms in total. The minimum atomic E-state index is 0.667. The van der Waals surface area contributed by atoms with Crippen molar-refractivity contribution in [1.82, 2.24) is 24.9 Å². The van der Waals surface area contributed by atoms with E-state index < -0.39 is 0 Å². The Morgan fingerprint density at radius 1 is 0.411 bits per heavy atom. The molecule has 0 saturated heterocycles. The fourth-order valence-electron chi connectivity index (χ4n) is 7.52. The first-order chi connectivity index (χ1) is 27.7. The van der Waals surface area contributed by atoms with Crippen LogP contribution >= 0.6 is 0 Å². The second-order valence-electron chi connectivity index (χ2n) is 14.0. The molecule has 1 aliphatic carbocycles. The first kappa shape index (κ1) is 33.2. The molecule has 0 amide bonds. The molecule has 0 atom stereocenters. The Labute approximate surface area is 325 Å². The average Bonchev–Trinajstić information content (AvgIpc) is 3.29. The van der Waals surface area contributed by atoms with E-state index >= 15 is 0 Å². The van der Waals surface area contributed by atoms with Crippen LogP contribution in [0.4, 0.5) is 0 Å². The summed E-state index contributed by atoms with van der Waals surface area (Å²) in [7, 11) is 0. The number of hydrogen-bond donors (Lipinski definition) is 0. The van der Waals surface area contributed by atoms with E-state index in [1.807, 2.05) is 54.6 Å². The molecule has 5 heteroatoms. The molecule has 56 heavy (non-hydrogen) atoms. The summed E-state index contributed by atoms with van der Waals surface area (Å²) in [5.74, 6) is 0.667. The normalized spacial score (nSPS) is 12.5. The van der Waals surface area contributed by atoms with E-state index in [4.69, 9.17) is 19.9 Å². The van der Waals surface area contributed by atoms with Crippen molar-refractivity contribution in [2.75, 3.05) is 0 Å². The lowest BCUT2D eigenvalue weighted by Gasteiger charge is -2.15. The Morgan fingerprint density at radius 2 is 1.12 bits per heavy atom. The molecule has 0 radical (unpaired) electrons. The second kappa shape index (κ2) is 14.5. The van der Waals surface area contributed by atoms with E-state index in [1.54, 1.807) is 6.20 Å². The van der Waals surface area contributed by atoms with Crippen molar-refractivity contribution >= 4 is 27.4 Å². The van der Waals surface area contributed by atoms with Gasteiger partial charge in [-0.2, -0.15) is 0 Å². The van der Waals surface area contributed by atoms with Crippen LogP contribution in [0.3, 0.4) is 0 Å². The Hall–Kier alpha value is -7.37. The molecule has 4 heterocycles. The summed E-state index contributed by atoms with van der Waals surface area (Å²) in [5.41, 5.74) is 15.0. The zero-order chi connectivity index (χ0) is 37.3. The van der Waals surface area contributed by atoms with Crippen LogP contribution in [0, 0.1) is 0 Å². The molecule has 0 unspecified atom stereocenters. The molecule has 9 aromatic rings. The van der Waals surface area contributed by atoms with Gasteiger partial charge in [0.1, 0.15) is 0 Å². The highest BCUT2D eigenvalue weighted by Crippen LogP contribution is 2.37. The van der Waals surface area contributed by atoms with Crippen LogP contribution < -0.4 is 0 Å². The van der Waals surface area contributed by atoms with Crippen LogP contribution in [0.15, 0.2) is 188 Å². The summed E-state index contributed by atoms with van der Waals surface area (Å²) in [4.78, 5) is 25.1. The van der Waals surface area contributed by atoms with Crippen LogP contribution in [-0.2, 0) is 0 Å². The monoisotopic (exact) mass is 717 g/mol. The van der Waals surface area contributed by atoms with Crippen molar-refractivity contribution in [2.24, 2.45) is 0 Å². The zero-order valence-electron chi connectivity index (χ0n) is 30.5. The standard InChI is InChI=1S/C51H35N5/c1-4-13-35(14-5-1)43-32-46(36-15-6-2-7-16-36)54-50-42(43)28-26-38-27-29-44(53-49(38)50)37-24-22-34(23-25-37)40-19-12-20-41(31-40)47-33-48(45-21-10-11-30-52-45)56-51(55-47)39-17-8-3-9-18-39/h1-6,8-15,17-33H,7,16H2. The van der Waals surface area contributed by atoms with Gasteiger partial charge in [-0.05, 0) is 77.1 Å². The number of fused-ring (bicyclic) bond motifs is 3. The van der Waals surface area contributed by atoms with Crippen molar-refractivity contribution < 1.29 is 0 Å². The Balaban J connectivity index is 1.02. The first-order valence-corrected chi connectivity index (χ1v) is 19.0. The van der Waals surface area contributed by atoms with E-state index in [9.17, 15) is 0 Å².